The number of nitrogens with one attached hydrogen (secondary N) is 2. The van der Waals surface area contributed by atoms with Crippen LogP contribution in [0.3, 0.4) is 0 Å². The third kappa shape index (κ3) is 3.03. The van der Waals surface area contributed by atoms with Crippen molar-refractivity contribution >= 4 is 5.91 Å². The lowest BCUT2D eigenvalue weighted by Crippen LogP contribution is -2.26. The van der Waals surface area contributed by atoms with E-state index in [4.69, 9.17) is 0 Å². The molecule has 0 spiro atoms. The summed E-state index contributed by atoms with van der Waals surface area (Å²) in [6.45, 7) is 2.95. The van der Waals surface area contributed by atoms with E-state index < -0.39 is 0 Å². The Morgan fingerprint density at radius 3 is 3.25 bits per heavy atom. The van der Waals surface area contributed by atoms with E-state index >= 15 is 0 Å². The Labute approximate surface area is 95.5 Å². The van der Waals surface area contributed by atoms with Gasteiger partial charge in [-0.3, -0.25) is 9.78 Å². The maximum atomic E-state index is 11.7. The standard InChI is InChI=1S/C12H17N3O/c16-12(11-2-1-5-13-9-11)15-7-4-10-3-6-14-8-10/h1-2,5,9-10,14H,3-4,6-8H2,(H,15,16). The van der Waals surface area contributed by atoms with Crippen LogP contribution in [0, 0.1) is 5.92 Å². The van der Waals surface area contributed by atoms with Gasteiger partial charge in [0.05, 0.1) is 5.56 Å². The van der Waals surface area contributed by atoms with E-state index in [-0.39, 0.29) is 5.91 Å². The fourth-order valence-electron chi connectivity index (χ4n) is 1.95. The molecule has 0 radical (unpaired) electrons. The van der Waals surface area contributed by atoms with E-state index in [9.17, 15) is 4.79 Å². The molecular formula is C12H17N3O. The lowest BCUT2D eigenvalue weighted by molar-refractivity contribution is 0.0951. The Bertz CT molecular complexity index is 333. The monoisotopic (exact) mass is 219 g/mol. The SMILES string of the molecule is O=C(NCCC1CCNC1)c1cccnc1. The summed E-state index contributed by atoms with van der Waals surface area (Å²) in [5.41, 5.74) is 0.632. The number of hydrogen-bond acceptors (Lipinski definition) is 3. The molecule has 1 aromatic heterocycles. The zero-order valence-corrected chi connectivity index (χ0v) is 9.28. The Balaban J connectivity index is 1.71. The van der Waals surface area contributed by atoms with E-state index in [1.807, 2.05) is 0 Å². The summed E-state index contributed by atoms with van der Waals surface area (Å²) in [4.78, 5) is 15.6. The zero-order chi connectivity index (χ0) is 11.2. The highest BCUT2D eigenvalue weighted by molar-refractivity contribution is 5.93. The van der Waals surface area contributed by atoms with E-state index in [0.717, 1.165) is 26.1 Å². The summed E-state index contributed by atoms with van der Waals surface area (Å²) in [6.07, 6.45) is 5.54. The van der Waals surface area contributed by atoms with Gasteiger partial charge in [0.15, 0.2) is 0 Å². The molecule has 86 valence electrons. The fourth-order valence-corrected chi connectivity index (χ4v) is 1.95. The highest BCUT2D eigenvalue weighted by Gasteiger charge is 2.14. The first kappa shape index (κ1) is 11.1. The van der Waals surface area contributed by atoms with Gasteiger partial charge >= 0.3 is 0 Å². The van der Waals surface area contributed by atoms with Crippen LogP contribution in [-0.4, -0.2) is 30.5 Å². The normalized spacial score (nSPS) is 19.6. The van der Waals surface area contributed by atoms with Crippen molar-refractivity contribution in [3.63, 3.8) is 0 Å². The van der Waals surface area contributed by atoms with Crippen molar-refractivity contribution in [2.75, 3.05) is 19.6 Å². The number of amides is 1. The number of carbonyl (C=O) groups is 1. The van der Waals surface area contributed by atoms with Gasteiger partial charge < -0.3 is 10.6 Å². The molecule has 0 aliphatic carbocycles. The van der Waals surface area contributed by atoms with E-state index in [2.05, 4.69) is 15.6 Å². The smallest absolute Gasteiger partial charge is 0.252 e. The van der Waals surface area contributed by atoms with Gasteiger partial charge in [-0.25, -0.2) is 0 Å². The van der Waals surface area contributed by atoms with Crippen LogP contribution in [-0.2, 0) is 0 Å². The van der Waals surface area contributed by atoms with Crippen molar-refractivity contribution in [2.45, 2.75) is 12.8 Å². The molecule has 0 saturated carbocycles. The predicted molar refractivity (Wildman–Crippen MR) is 62.2 cm³/mol. The second kappa shape index (κ2) is 5.61. The van der Waals surface area contributed by atoms with Gasteiger partial charge in [0.25, 0.3) is 5.91 Å². The fraction of sp³-hybridized carbons (Fsp3) is 0.500. The van der Waals surface area contributed by atoms with Crippen LogP contribution >= 0.6 is 0 Å². The van der Waals surface area contributed by atoms with Gasteiger partial charge in [-0.15, -0.1) is 0 Å². The minimum atomic E-state index is -0.0287. The summed E-state index contributed by atoms with van der Waals surface area (Å²) in [5, 5.41) is 6.24. The Hall–Kier alpha value is -1.42. The van der Waals surface area contributed by atoms with Crippen LogP contribution in [0.2, 0.25) is 0 Å². The van der Waals surface area contributed by atoms with Crippen LogP contribution in [0.1, 0.15) is 23.2 Å². The van der Waals surface area contributed by atoms with Crippen LogP contribution in [0.5, 0.6) is 0 Å². The van der Waals surface area contributed by atoms with Gasteiger partial charge in [0.1, 0.15) is 0 Å². The van der Waals surface area contributed by atoms with Crippen molar-refractivity contribution in [1.29, 1.82) is 0 Å². The first-order chi connectivity index (χ1) is 7.86. The molecule has 2 rings (SSSR count). The number of rotatable bonds is 4. The van der Waals surface area contributed by atoms with Crippen molar-refractivity contribution in [1.82, 2.24) is 15.6 Å². The maximum Gasteiger partial charge on any atom is 0.252 e. The third-order valence-corrected chi connectivity index (χ3v) is 2.92. The molecule has 1 aromatic rings. The molecular weight excluding hydrogens is 202 g/mol. The molecule has 2 heterocycles. The summed E-state index contributed by atoms with van der Waals surface area (Å²) >= 11 is 0. The van der Waals surface area contributed by atoms with Gasteiger partial charge in [-0.1, -0.05) is 0 Å². The highest BCUT2D eigenvalue weighted by atomic mass is 16.1. The van der Waals surface area contributed by atoms with Gasteiger partial charge in [-0.2, -0.15) is 0 Å². The Kier molecular flexibility index (Phi) is 3.88. The van der Waals surface area contributed by atoms with Gasteiger partial charge in [0, 0.05) is 18.9 Å². The quantitative estimate of drug-likeness (QED) is 0.788. The van der Waals surface area contributed by atoms with Crippen LogP contribution in [0.4, 0.5) is 0 Å². The van der Waals surface area contributed by atoms with Crippen molar-refractivity contribution in [3.8, 4) is 0 Å². The minimum Gasteiger partial charge on any atom is -0.352 e. The highest BCUT2D eigenvalue weighted by Crippen LogP contribution is 2.10. The van der Waals surface area contributed by atoms with E-state index in [0.29, 0.717) is 11.5 Å². The van der Waals surface area contributed by atoms with Crippen LogP contribution in [0.15, 0.2) is 24.5 Å². The molecule has 0 aromatic carbocycles. The number of pyridine rings is 1. The first-order valence-electron chi connectivity index (χ1n) is 5.75. The maximum absolute atomic E-state index is 11.7. The lowest BCUT2D eigenvalue weighted by atomic mass is 10.1. The van der Waals surface area contributed by atoms with Crippen LogP contribution in [0.25, 0.3) is 0 Å². The number of hydrogen-bond donors (Lipinski definition) is 2. The van der Waals surface area contributed by atoms with Crippen molar-refractivity contribution in [2.24, 2.45) is 5.92 Å². The lowest BCUT2D eigenvalue weighted by Gasteiger charge is -2.09. The molecule has 1 aliphatic heterocycles. The third-order valence-electron chi connectivity index (χ3n) is 2.92. The zero-order valence-electron chi connectivity index (χ0n) is 9.28. The molecule has 1 atom stereocenters. The first-order valence-corrected chi connectivity index (χ1v) is 5.75. The molecule has 0 bridgehead atoms. The van der Waals surface area contributed by atoms with E-state index in [1.165, 1.54) is 6.42 Å². The Morgan fingerprint density at radius 2 is 2.56 bits per heavy atom. The summed E-state index contributed by atoms with van der Waals surface area (Å²) in [6, 6.07) is 3.55. The molecule has 1 saturated heterocycles. The Morgan fingerprint density at radius 1 is 1.62 bits per heavy atom. The largest absolute Gasteiger partial charge is 0.352 e. The summed E-state index contributed by atoms with van der Waals surface area (Å²) in [7, 11) is 0. The predicted octanol–water partition coefficient (Wildman–Crippen LogP) is 0.811. The molecule has 2 N–H and O–H groups in total. The van der Waals surface area contributed by atoms with E-state index in [1.54, 1.807) is 24.5 Å². The summed E-state index contributed by atoms with van der Waals surface area (Å²) in [5.74, 6) is 0.688. The molecule has 1 unspecified atom stereocenters. The molecule has 4 heteroatoms. The number of carbonyl (C=O) groups excluding carboxylic acids is 1. The van der Waals surface area contributed by atoms with Gasteiger partial charge in [-0.05, 0) is 44.0 Å². The molecule has 1 fully saturated rings. The average molecular weight is 219 g/mol. The average Bonchev–Trinajstić information content (AvgIpc) is 2.83. The second-order valence-corrected chi connectivity index (χ2v) is 4.15. The van der Waals surface area contributed by atoms with Crippen LogP contribution < -0.4 is 10.6 Å². The topological polar surface area (TPSA) is 54.0 Å². The van der Waals surface area contributed by atoms with Gasteiger partial charge in [0.2, 0.25) is 0 Å². The molecule has 1 aliphatic rings. The molecule has 16 heavy (non-hydrogen) atoms. The van der Waals surface area contributed by atoms with Crippen molar-refractivity contribution < 1.29 is 4.79 Å². The molecule has 1 amide bonds. The number of nitrogens with zero attached hydrogens (tertiary/aromatic N) is 1. The van der Waals surface area contributed by atoms with Crippen molar-refractivity contribution in [3.05, 3.63) is 30.1 Å². The molecule has 4 nitrogen and oxygen atoms in total. The number of aromatic nitrogens is 1. The minimum absolute atomic E-state index is 0.0287. The second-order valence-electron chi connectivity index (χ2n) is 4.15. The summed E-state index contributed by atoms with van der Waals surface area (Å²) < 4.78 is 0.